The number of rotatable bonds is 3. The van der Waals surface area contributed by atoms with Crippen LogP contribution in [0.2, 0.25) is 0 Å². The van der Waals surface area contributed by atoms with Crippen LogP contribution in [0.5, 0.6) is 11.5 Å². The van der Waals surface area contributed by atoms with Gasteiger partial charge in [-0.05, 0) is 30.7 Å². The largest absolute Gasteiger partial charge is 0.456 e. The first-order valence-corrected chi connectivity index (χ1v) is 5.59. The first-order valence-electron chi connectivity index (χ1n) is 5.59. The maximum Gasteiger partial charge on any atom is 0.151 e. The second-order valence-electron chi connectivity index (χ2n) is 3.95. The van der Waals surface area contributed by atoms with E-state index < -0.39 is 5.82 Å². The highest BCUT2D eigenvalue weighted by atomic mass is 19.1. The number of halogens is 1. The molecule has 19 heavy (non-hydrogen) atoms. The second kappa shape index (κ2) is 5.38. The predicted molar refractivity (Wildman–Crippen MR) is 70.2 cm³/mol. The molecule has 0 saturated carbocycles. The first kappa shape index (κ1) is 12.9. The van der Waals surface area contributed by atoms with Gasteiger partial charge >= 0.3 is 0 Å². The van der Waals surface area contributed by atoms with E-state index in [9.17, 15) is 4.39 Å². The Morgan fingerprint density at radius 3 is 2.68 bits per heavy atom. The van der Waals surface area contributed by atoms with Crippen molar-refractivity contribution in [2.75, 3.05) is 5.43 Å². The molecule has 3 N–H and O–H groups in total. The van der Waals surface area contributed by atoms with Crippen molar-refractivity contribution in [2.45, 2.75) is 6.92 Å². The molecule has 0 atom stereocenters. The van der Waals surface area contributed by atoms with E-state index in [2.05, 4.69) is 5.43 Å². The minimum atomic E-state index is -0.507. The number of nitriles is 1. The van der Waals surface area contributed by atoms with Crippen molar-refractivity contribution in [2.24, 2.45) is 5.84 Å². The van der Waals surface area contributed by atoms with Crippen LogP contribution in [-0.4, -0.2) is 0 Å². The van der Waals surface area contributed by atoms with Crippen LogP contribution in [0, 0.1) is 24.1 Å². The lowest BCUT2D eigenvalue weighted by atomic mass is 10.2. The number of anilines is 1. The van der Waals surface area contributed by atoms with Crippen LogP contribution >= 0.6 is 0 Å². The minimum absolute atomic E-state index is 0.223. The highest BCUT2D eigenvalue weighted by Crippen LogP contribution is 2.29. The van der Waals surface area contributed by atoms with Crippen LogP contribution in [0.25, 0.3) is 0 Å². The standard InChI is InChI=1S/C14H12FN3O/c1-9-6-11(7-12(15)14(9)18-17)19-13-5-3-2-4-10(13)8-16/h2-7,18H,17H2,1H3. The Balaban J connectivity index is 2.37. The number of aryl methyl sites for hydroxylation is 1. The number of nitrogens with zero attached hydrogens (tertiary/aromatic N) is 1. The molecule has 2 aromatic rings. The molecule has 0 fully saturated rings. The number of hydrogen-bond donors (Lipinski definition) is 2. The molecule has 2 aromatic carbocycles. The molecule has 2 rings (SSSR count). The second-order valence-corrected chi connectivity index (χ2v) is 3.95. The number of nitrogens with one attached hydrogen (secondary N) is 1. The fraction of sp³-hybridized carbons (Fsp3) is 0.0714. The van der Waals surface area contributed by atoms with Crippen LogP contribution in [0.1, 0.15) is 11.1 Å². The van der Waals surface area contributed by atoms with Crippen molar-refractivity contribution in [1.82, 2.24) is 0 Å². The van der Waals surface area contributed by atoms with Gasteiger partial charge in [0, 0.05) is 6.07 Å². The summed E-state index contributed by atoms with van der Waals surface area (Å²) in [6.45, 7) is 1.71. The van der Waals surface area contributed by atoms with Crippen molar-refractivity contribution in [1.29, 1.82) is 5.26 Å². The van der Waals surface area contributed by atoms with E-state index in [1.54, 1.807) is 37.3 Å². The Hall–Kier alpha value is -2.58. The molecule has 0 heterocycles. The highest BCUT2D eigenvalue weighted by molar-refractivity contribution is 5.55. The molecule has 5 heteroatoms. The third kappa shape index (κ3) is 2.64. The maximum absolute atomic E-state index is 13.7. The Kier molecular flexibility index (Phi) is 3.64. The summed E-state index contributed by atoms with van der Waals surface area (Å²) in [6, 6.07) is 11.6. The van der Waals surface area contributed by atoms with Crippen molar-refractivity contribution >= 4 is 5.69 Å². The number of nitrogen functional groups attached to an aromatic ring is 1. The molecule has 0 spiro atoms. The average Bonchev–Trinajstić information content (AvgIpc) is 2.39. The highest BCUT2D eigenvalue weighted by Gasteiger charge is 2.10. The lowest BCUT2D eigenvalue weighted by Crippen LogP contribution is -2.10. The van der Waals surface area contributed by atoms with Crippen molar-refractivity contribution in [3.63, 3.8) is 0 Å². The normalized spacial score (nSPS) is 9.79. The maximum atomic E-state index is 13.7. The molecular weight excluding hydrogens is 245 g/mol. The molecule has 0 radical (unpaired) electrons. The Labute approximate surface area is 110 Å². The molecule has 0 aliphatic rings. The van der Waals surface area contributed by atoms with E-state index in [1.165, 1.54) is 6.07 Å². The molecular formula is C14H12FN3O. The Bertz CT molecular complexity index is 626. The smallest absolute Gasteiger partial charge is 0.151 e. The minimum Gasteiger partial charge on any atom is -0.456 e. The first-order chi connectivity index (χ1) is 9.15. The lowest BCUT2D eigenvalue weighted by molar-refractivity contribution is 0.475. The van der Waals surface area contributed by atoms with Gasteiger partial charge in [0.05, 0.1) is 11.3 Å². The summed E-state index contributed by atoms with van der Waals surface area (Å²) in [7, 11) is 0. The zero-order chi connectivity index (χ0) is 13.8. The summed E-state index contributed by atoms with van der Waals surface area (Å²) in [6.07, 6.45) is 0. The Morgan fingerprint density at radius 2 is 2.05 bits per heavy atom. The van der Waals surface area contributed by atoms with Crippen LogP contribution in [0.15, 0.2) is 36.4 Å². The fourth-order valence-electron chi connectivity index (χ4n) is 1.73. The van der Waals surface area contributed by atoms with Gasteiger partial charge in [0.25, 0.3) is 0 Å². The van der Waals surface area contributed by atoms with Crippen LogP contribution in [0.3, 0.4) is 0 Å². The van der Waals surface area contributed by atoms with Crippen LogP contribution in [-0.2, 0) is 0 Å². The van der Waals surface area contributed by atoms with E-state index in [0.717, 1.165) is 0 Å². The SMILES string of the molecule is Cc1cc(Oc2ccccc2C#N)cc(F)c1NN. The van der Waals surface area contributed by atoms with Gasteiger partial charge in [0.2, 0.25) is 0 Å². The Morgan fingerprint density at radius 1 is 1.32 bits per heavy atom. The molecule has 96 valence electrons. The van der Waals surface area contributed by atoms with E-state index >= 15 is 0 Å². The van der Waals surface area contributed by atoms with E-state index in [0.29, 0.717) is 22.6 Å². The lowest BCUT2D eigenvalue weighted by Gasteiger charge is -2.11. The van der Waals surface area contributed by atoms with Crippen molar-refractivity contribution < 1.29 is 9.13 Å². The zero-order valence-electron chi connectivity index (χ0n) is 10.3. The van der Waals surface area contributed by atoms with Crippen LogP contribution in [0.4, 0.5) is 10.1 Å². The summed E-state index contributed by atoms with van der Waals surface area (Å²) in [5, 5.41) is 8.96. The summed E-state index contributed by atoms with van der Waals surface area (Å²) in [5.41, 5.74) is 3.53. The van der Waals surface area contributed by atoms with Gasteiger partial charge in [-0.3, -0.25) is 5.84 Å². The number of ether oxygens (including phenoxy) is 1. The van der Waals surface area contributed by atoms with Gasteiger partial charge in [-0.25, -0.2) is 4.39 Å². The summed E-state index contributed by atoms with van der Waals surface area (Å²) < 4.78 is 19.2. The molecule has 0 aromatic heterocycles. The van der Waals surface area contributed by atoms with Gasteiger partial charge in [-0.15, -0.1) is 0 Å². The molecule has 0 amide bonds. The van der Waals surface area contributed by atoms with Crippen LogP contribution < -0.4 is 16.0 Å². The predicted octanol–water partition coefficient (Wildman–Crippen LogP) is 3.08. The third-order valence-corrected chi connectivity index (χ3v) is 2.64. The molecule has 0 bridgehead atoms. The summed E-state index contributed by atoms with van der Waals surface area (Å²) in [5.74, 6) is 5.42. The number of benzene rings is 2. The molecule has 0 aliphatic heterocycles. The summed E-state index contributed by atoms with van der Waals surface area (Å²) >= 11 is 0. The average molecular weight is 257 g/mol. The molecule has 0 saturated heterocycles. The van der Waals surface area contributed by atoms with Gasteiger partial charge in [-0.1, -0.05) is 12.1 Å². The van der Waals surface area contributed by atoms with Gasteiger partial charge < -0.3 is 10.2 Å². The number of hydrogen-bond acceptors (Lipinski definition) is 4. The monoisotopic (exact) mass is 257 g/mol. The summed E-state index contributed by atoms with van der Waals surface area (Å²) in [4.78, 5) is 0. The van der Waals surface area contributed by atoms with E-state index in [1.807, 2.05) is 6.07 Å². The van der Waals surface area contributed by atoms with Gasteiger partial charge in [-0.2, -0.15) is 5.26 Å². The topological polar surface area (TPSA) is 71.1 Å². The number of hydrazine groups is 1. The number of para-hydroxylation sites is 1. The molecule has 0 aliphatic carbocycles. The quantitative estimate of drug-likeness (QED) is 0.654. The molecule has 4 nitrogen and oxygen atoms in total. The fourth-order valence-corrected chi connectivity index (χ4v) is 1.73. The third-order valence-electron chi connectivity index (χ3n) is 2.64. The molecule has 0 unspecified atom stereocenters. The van der Waals surface area contributed by atoms with E-state index in [-0.39, 0.29) is 5.69 Å². The van der Waals surface area contributed by atoms with Crippen molar-refractivity contribution in [3.8, 4) is 17.6 Å². The zero-order valence-corrected chi connectivity index (χ0v) is 10.3. The van der Waals surface area contributed by atoms with Gasteiger partial charge in [0.15, 0.2) is 5.82 Å². The van der Waals surface area contributed by atoms with Gasteiger partial charge in [0.1, 0.15) is 17.6 Å². The van der Waals surface area contributed by atoms with Crippen molar-refractivity contribution in [3.05, 3.63) is 53.3 Å². The number of nitrogens with two attached hydrogens (primary N) is 1. The van der Waals surface area contributed by atoms with E-state index in [4.69, 9.17) is 15.8 Å².